The molecule has 7 nitrogen and oxygen atoms in total. The topological polar surface area (TPSA) is 67.2 Å². The first-order valence-electron chi connectivity index (χ1n) is 8.84. The van der Waals surface area contributed by atoms with Crippen LogP contribution in [0.3, 0.4) is 0 Å². The van der Waals surface area contributed by atoms with Crippen molar-refractivity contribution in [3.8, 4) is 0 Å². The Bertz CT molecular complexity index is 841. The molecule has 140 valence electrons. The number of imidazole rings is 1. The van der Waals surface area contributed by atoms with Gasteiger partial charge in [-0.25, -0.2) is 9.78 Å². The Morgan fingerprint density at radius 2 is 1.85 bits per heavy atom. The molecule has 0 aromatic carbocycles. The van der Waals surface area contributed by atoms with Gasteiger partial charge in [-0.15, -0.1) is 0 Å². The van der Waals surface area contributed by atoms with Crippen LogP contribution >= 0.6 is 15.9 Å². The number of rotatable bonds is 3. The van der Waals surface area contributed by atoms with Crippen LogP contribution in [0.5, 0.6) is 0 Å². The Kier molecular flexibility index (Phi) is 5.50. The van der Waals surface area contributed by atoms with E-state index in [1.165, 1.54) is 0 Å². The van der Waals surface area contributed by atoms with Crippen molar-refractivity contribution < 1.29 is 14.3 Å². The molecule has 2 amide bonds. The van der Waals surface area contributed by atoms with Crippen LogP contribution in [0.4, 0.5) is 4.79 Å². The van der Waals surface area contributed by atoms with Crippen LogP contribution in [-0.4, -0.2) is 64.0 Å². The van der Waals surface area contributed by atoms with Crippen molar-refractivity contribution in [2.75, 3.05) is 32.8 Å². The number of hydrogen-bond acceptors (Lipinski definition) is 4. The van der Waals surface area contributed by atoms with E-state index in [0.29, 0.717) is 44.9 Å². The van der Waals surface area contributed by atoms with Crippen molar-refractivity contribution in [3.63, 3.8) is 0 Å². The van der Waals surface area contributed by atoms with Gasteiger partial charge in [-0.05, 0) is 47.8 Å². The Balaban J connectivity index is 1.86. The zero-order valence-electron chi connectivity index (χ0n) is 15.3. The highest BCUT2D eigenvalue weighted by Crippen LogP contribution is 2.24. The summed E-state index contributed by atoms with van der Waals surface area (Å²) in [6, 6.07) is 1.99. The second kappa shape index (κ2) is 7.65. The number of pyridine rings is 1. The minimum atomic E-state index is -0.316. The highest BCUT2D eigenvalue weighted by atomic mass is 79.9. The van der Waals surface area contributed by atoms with E-state index in [4.69, 9.17) is 4.74 Å². The van der Waals surface area contributed by atoms with Gasteiger partial charge in [-0.3, -0.25) is 9.20 Å². The largest absolute Gasteiger partial charge is 0.450 e. The summed E-state index contributed by atoms with van der Waals surface area (Å²) in [5.41, 5.74) is 3.19. The number of amides is 2. The summed E-state index contributed by atoms with van der Waals surface area (Å²) in [6.45, 7) is 8.06. The molecular weight excluding hydrogens is 400 g/mol. The van der Waals surface area contributed by atoms with Crippen molar-refractivity contribution in [3.05, 3.63) is 33.7 Å². The van der Waals surface area contributed by atoms with Gasteiger partial charge >= 0.3 is 6.09 Å². The first-order valence-corrected chi connectivity index (χ1v) is 9.63. The maximum atomic E-state index is 13.2. The number of nitrogens with zero attached hydrogens (tertiary/aromatic N) is 4. The molecule has 0 aliphatic carbocycles. The minimum Gasteiger partial charge on any atom is -0.450 e. The van der Waals surface area contributed by atoms with Crippen LogP contribution in [0.25, 0.3) is 5.65 Å². The standard InChI is InChI=1S/C18H23BrN4O3/c1-4-14-15(23-11-12(3)10-13(19)16(23)20-14)17(24)21-6-8-22(9-7-21)18(25)26-5-2/h10-11H,4-9H2,1-3H3. The number of ether oxygens (including phenoxy) is 1. The number of hydrogen-bond donors (Lipinski definition) is 0. The van der Waals surface area contributed by atoms with Gasteiger partial charge in [-0.2, -0.15) is 0 Å². The number of carbonyl (C=O) groups is 2. The van der Waals surface area contributed by atoms with Crippen LogP contribution in [0, 0.1) is 6.92 Å². The van der Waals surface area contributed by atoms with Gasteiger partial charge in [-0.1, -0.05) is 6.92 Å². The predicted molar refractivity (Wildman–Crippen MR) is 102 cm³/mol. The molecule has 1 fully saturated rings. The lowest BCUT2D eigenvalue weighted by Gasteiger charge is -2.34. The Morgan fingerprint density at radius 3 is 2.46 bits per heavy atom. The lowest BCUT2D eigenvalue weighted by Crippen LogP contribution is -2.51. The van der Waals surface area contributed by atoms with Crippen molar-refractivity contribution in [2.24, 2.45) is 0 Å². The van der Waals surface area contributed by atoms with Crippen molar-refractivity contribution in [1.29, 1.82) is 0 Å². The highest BCUT2D eigenvalue weighted by Gasteiger charge is 2.29. The molecule has 0 atom stereocenters. The molecular formula is C18H23BrN4O3. The van der Waals surface area contributed by atoms with Gasteiger partial charge in [0.1, 0.15) is 5.69 Å². The zero-order chi connectivity index (χ0) is 18.8. The van der Waals surface area contributed by atoms with Crippen LogP contribution in [0.2, 0.25) is 0 Å². The van der Waals surface area contributed by atoms with Gasteiger partial charge in [0.05, 0.1) is 16.8 Å². The fraction of sp³-hybridized carbons (Fsp3) is 0.500. The Hall–Kier alpha value is -2.09. The minimum absolute atomic E-state index is 0.0460. The van der Waals surface area contributed by atoms with Gasteiger partial charge in [0.25, 0.3) is 5.91 Å². The van der Waals surface area contributed by atoms with Gasteiger partial charge in [0.2, 0.25) is 0 Å². The molecule has 0 bridgehead atoms. The molecule has 3 heterocycles. The van der Waals surface area contributed by atoms with Crippen LogP contribution in [0.1, 0.15) is 35.6 Å². The van der Waals surface area contributed by atoms with E-state index < -0.39 is 0 Å². The van der Waals surface area contributed by atoms with Gasteiger partial charge in [0.15, 0.2) is 5.65 Å². The van der Waals surface area contributed by atoms with E-state index >= 15 is 0 Å². The summed E-state index contributed by atoms with van der Waals surface area (Å²) in [4.78, 5) is 33.1. The van der Waals surface area contributed by atoms with Crippen molar-refractivity contribution in [1.82, 2.24) is 19.2 Å². The smallest absolute Gasteiger partial charge is 0.409 e. The second-order valence-corrected chi connectivity index (χ2v) is 7.15. The molecule has 0 saturated carbocycles. The average Bonchev–Trinajstić information content (AvgIpc) is 3.00. The zero-order valence-corrected chi connectivity index (χ0v) is 16.9. The Labute approximate surface area is 161 Å². The molecule has 1 aliphatic rings. The van der Waals surface area contributed by atoms with Crippen molar-refractivity contribution >= 4 is 33.6 Å². The normalized spacial score (nSPS) is 14.8. The quantitative estimate of drug-likeness (QED) is 0.762. The van der Waals surface area contributed by atoms with E-state index in [1.807, 2.05) is 30.5 Å². The summed E-state index contributed by atoms with van der Waals surface area (Å²) in [5, 5.41) is 0. The number of aromatic nitrogens is 2. The molecule has 1 aliphatic heterocycles. The van der Waals surface area contributed by atoms with Gasteiger partial charge in [0, 0.05) is 32.4 Å². The molecule has 26 heavy (non-hydrogen) atoms. The Morgan fingerprint density at radius 1 is 1.19 bits per heavy atom. The van der Waals surface area contributed by atoms with Crippen LogP contribution in [0.15, 0.2) is 16.7 Å². The third kappa shape index (κ3) is 3.42. The molecule has 1 saturated heterocycles. The number of fused-ring (bicyclic) bond motifs is 1. The summed E-state index contributed by atoms with van der Waals surface area (Å²) < 4.78 is 7.78. The first-order chi connectivity index (χ1) is 12.5. The number of piperazine rings is 1. The van der Waals surface area contributed by atoms with E-state index in [9.17, 15) is 9.59 Å². The summed E-state index contributed by atoms with van der Waals surface area (Å²) in [6.07, 6.45) is 2.30. The number of aryl methyl sites for hydroxylation is 2. The molecule has 0 spiro atoms. The maximum absolute atomic E-state index is 13.2. The lowest BCUT2D eigenvalue weighted by molar-refractivity contribution is 0.0564. The van der Waals surface area contributed by atoms with E-state index in [-0.39, 0.29) is 12.0 Å². The average molecular weight is 423 g/mol. The molecule has 8 heteroatoms. The molecule has 3 rings (SSSR count). The highest BCUT2D eigenvalue weighted by molar-refractivity contribution is 9.10. The molecule has 0 N–H and O–H groups in total. The molecule has 2 aromatic heterocycles. The monoisotopic (exact) mass is 422 g/mol. The summed E-state index contributed by atoms with van der Waals surface area (Å²) in [7, 11) is 0. The van der Waals surface area contributed by atoms with Gasteiger partial charge < -0.3 is 14.5 Å². The summed E-state index contributed by atoms with van der Waals surface area (Å²) in [5.74, 6) is -0.0460. The third-order valence-corrected chi connectivity index (χ3v) is 5.10. The predicted octanol–water partition coefficient (Wildman–Crippen LogP) is 2.88. The molecule has 2 aromatic rings. The number of carbonyl (C=O) groups excluding carboxylic acids is 2. The maximum Gasteiger partial charge on any atom is 0.409 e. The number of halogens is 1. The fourth-order valence-corrected chi connectivity index (χ4v) is 3.85. The lowest BCUT2D eigenvalue weighted by atomic mass is 10.2. The second-order valence-electron chi connectivity index (χ2n) is 6.30. The van der Waals surface area contributed by atoms with Crippen LogP contribution in [-0.2, 0) is 11.2 Å². The summed E-state index contributed by atoms with van der Waals surface area (Å²) >= 11 is 3.54. The molecule has 0 unspecified atom stereocenters. The van der Waals surface area contributed by atoms with E-state index in [0.717, 1.165) is 21.4 Å². The first kappa shape index (κ1) is 18.7. The van der Waals surface area contributed by atoms with Crippen LogP contribution < -0.4 is 0 Å². The SMILES string of the molecule is CCOC(=O)N1CCN(C(=O)c2c(CC)nc3c(Br)cc(C)cn23)CC1. The van der Waals surface area contributed by atoms with E-state index in [2.05, 4.69) is 20.9 Å². The third-order valence-electron chi connectivity index (χ3n) is 4.51. The van der Waals surface area contributed by atoms with Crippen molar-refractivity contribution in [2.45, 2.75) is 27.2 Å². The fourth-order valence-electron chi connectivity index (χ4n) is 3.21. The molecule has 0 radical (unpaired) electrons. The van der Waals surface area contributed by atoms with E-state index in [1.54, 1.807) is 16.7 Å².